The minimum Gasteiger partial charge on any atom is -0.455 e. The van der Waals surface area contributed by atoms with Crippen LogP contribution >= 0.6 is 0 Å². The number of rotatable bonds is 2. The third-order valence-corrected chi connectivity index (χ3v) is 7.56. The van der Waals surface area contributed by atoms with E-state index in [4.69, 9.17) is 23.2 Å². The summed E-state index contributed by atoms with van der Waals surface area (Å²) in [6, 6.07) is 36.6. The number of benzene rings is 4. The van der Waals surface area contributed by atoms with E-state index in [2.05, 4.69) is 36.4 Å². The summed E-state index contributed by atoms with van der Waals surface area (Å²) in [5.41, 5.74) is 7.90. The predicted octanol–water partition coefficient (Wildman–Crippen LogP) is 9.51. The molecule has 9 aromatic rings. The van der Waals surface area contributed by atoms with Gasteiger partial charge in [0.15, 0.2) is 0 Å². The van der Waals surface area contributed by atoms with Crippen LogP contribution in [0.3, 0.4) is 0 Å². The second kappa shape index (κ2) is 7.55. The first kappa shape index (κ1) is 20.6. The third kappa shape index (κ3) is 2.90. The Morgan fingerprint density at radius 1 is 0.359 bits per heavy atom. The quantitative estimate of drug-likeness (QED) is 0.235. The Morgan fingerprint density at radius 2 is 0.821 bits per heavy atom. The van der Waals surface area contributed by atoms with Crippen molar-refractivity contribution in [2.75, 3.05) is 0 Å². The van der Waals surface area contributed by atoms with Crippen LogP contribution in [-0.4, -0.2) is 9.97 Å². The lowest BCUT2D eigenvalue weighted by atomic mass is 10.0. The fourth-order valence-corrected chi connectivity index (χ4v) is 5.73. The zero-order valence-electron chi connectivity index (χ0n) is 20.5. The number of fused-ring (bicyclic) bond motifs is 9. The van der Waals surface area contributed by atoms with E-state index in [-0.39, 0.29) is 0 Å². The summed E-state index contributed by atoms with van der Waals surface area (Å²) >= 11 is 0. The van der Waals surface area contributed by atoms with E-state index in [0.29, 0.717) is 11.4 Å². The molecule has 5 heterocycles. The van der Waals surface area contributed by atoms with Gasteiger partial charge >= 0.3 is 0 Å². The van der Waals surface area contributed by atoms with Gasteiger partial charge in [0.2, 0.25) is 11.4 Å². The maximum Gasteiger partial charge on any atom is 0.227 e. The molecule has 0 aliphatic carbocycles. The Balaban J connectivity index is 1.25. The molecule has 182 valence electrons. The van der Waals surface area contributed by atoms with Gasteiger partial charge in [0.05, 0.1) is 11.4 Å². The average Bonchev–Trinajstić information content (AvgIpc) is 3.67. The van der Waals surface area contributed by atoms with Crippen LogP contribution < -0.4 is 0 Å². The maximum absolute atomic E-state index is 6.62. The summed E-state index contributed by atoms with van der Waals surface area (Å²) in [6.07, 6.45) is 0. The molecule has 0 aliphatic rings. The Bertz CT molecular complexity index is 2240. The van der Waals surface area contributed by atoms with Gasteiger partial charge in [-0.05, 0) is 48.5 Å². The molecule has 5 aromatic heterocycles. The lowest BCUT2D eigenvalue weighted by molar-refractivity contribution is 0.654. The third-order valence-electron chi connectivity index (χ3n) is 7.56. The minimum atomic E-state index is 0.617. The average molecular weight is 503 g/mol. The van der Waals surface area contributed by atoms with Gasteiger partial charge in [-0.2, -0.15) is 0 Å². The molecule has 0 atom stereocenters. The van der Waals surface area contributed by atoms with E-state index < -0.39 is 0 Å². The highest BCUT2D eigenvalue weighted by molar-refractivity contribution is 6.13. The van der Waals surface area contributed by atoms with Crippen molar-refractivity contribution in [1.82, 2.24) is 9.97 Å². The highest BCUT2D eigenvalue weighted by Gasteiger charge is 2.18. The zero-order valence-corrected chi connectivity index (χ0v) is 20.5. The predicted molar refractivity (Wildman–Crippen MR) is 155 cm³/mol. The normalized spacial score (nSPS) is 12.1. The second-order valence-corrected chi connectivity index (χ2v) is 9.76. The maximum atomic E-state index is 6.62. The number of hydrogen-bond acceptors (Lipinski definition) is 5. The van der Waals surface area contributed by atoms with Gasteiger partial charge < -0.3 is 13.3 Å². The van der Waals surface area contributed by atoms with Crippen molar-refractivity contribution in [2.45, 2.75) is 0 Å². The fourth-order valence-electron chi connectivity index (χ4n) is 5.73. The topological polar surface area (TPSA) is 65.2 Å². The molecule has 4 aromatic carbocycles. The highest BCUT2D eigenvalue weighted by Crippen LogP contribution is 2.40. The molecule has 0 aliphatic heterocycles. The molecule has 0 unspecified atom stereocenters. The number of para-hydroxylation sites is 4. The molecular formula is C34H18N2O3. The first-order chi connectivity index (χ1) is 19.3. The van der Waals surface area contributed by atoms with Gasteiger partial charge in [0.1, 0.15) is 22.3 Å². The van der Waals surface area contributed by atoms with E-state index >= 15 is 0 Å². The van der Waals surface area contributed by atoms with Gasteiger partial charge in [-0.25, -0.2) is 9.97 Å². The van der Waals surface area contributed by atoms with Crippen LogP contribution in [0.2, 0.25) is 0 Å². The van der Waals surface area contributed by atoms with Crippen LogP contribution in [0.25, 0.3) is 88.6 Å². The molecule has 5 nitrogen and oxygen atoms in total. The van der Waals surface area contributed by atoms with Crippen molar-refractivity contribution >= 4 is 66.1 Å². The van der Waals surface area contributed by atoms with Gasteiger partial charge in [-0.1, -0.05) is 60.7 Å². The molecule has 0 saturated heterocycles. The number of hydrogen-bond donors (Lipinski definition) is 0. The van der Waals surface area contributed by atoms with Crippen LogP contribution in [0.5, 0.6) is 0 Å². The van der Waals surface area contributed by atoms with E-state index in [1.54, 1.807) is 0 Å². The van der Waals surface area contributed by atoms with E-state index in [9.17, 15) is 0 Å². The summed E-state index contributed by atoms with van der Waals surface area (Å²) in [5.74, 6) is 0. The molecule has 0 fully saturated rings. The summed E-state index contributed by atoms with van der Waals surface area (Å²) < 4.78 is 18.7. The van der Waals surface area contributed by atoms with Crippen LogP contribution in [-0.2, 0) is 0 Å². The Labute approximate surface area is 220 Å². The van der Waals surface area contributed by atoms with E-state index in [0.717, 1.165) is 77.2 Å². The summed E-state index contributed by atoms with van der Waals surface area (Å²) in [5, 5.41) is 6.18. The lowest BCUT2D eigenvalue weighted by Crippen LogP contribution is -1.84. The molecule has 0 spiro atoms. The molecule has 0 radical (unpaired) electrons. The van der Waals surface area contributed by atoms with Crippen LogP contribution in [0, 0.1) is 0 Å². The van der Waals surface area contributed by atoms with Crippen molar-refractivity contribution in [3.05, 3.63) is 109 Å². The van der Waals surface area contributed by atoms with Crippen molar-refractivity contribution in [2.24, 2.45) is 0 Å². The Hall–Kier alpha value is -5.42. The first-order valence-corrected chi connectivity index (χ1v) is 12.8. The molecule has 0 bridgehead atoms. The van der Waals surface area contributed by atoms with Crippen LogP contribution in [0.1, 0.15) is 0 Å². The number of aromatic nitrogens is 2. The lowest BCUT2D eigenvalue weighted by Gasteiger charge is -2.02. The molecule has 0 N–H and O–H groups in total. The standard InChI is InChI=1S/C34H18N2O3/c1-3-13-29-19(7-1)23-15-17-27(35-33(23)37-29)25-11-5-9-21-22-10-6-12-26(32(22)39-31(21)25)28-18-16-24-20-8-2-4-14-30(20)38-34(24)36-28/h1-18H. The van der Waals surface area contributed by atoms with Crippen LogP contribution in [0.4, 0.5) is 0 Å². The van der Waals surface area contributed by atoms with Crippen LogP contribution in [0.15, 0.2) is 122 Å². The molecule has 0 amide bonds. The molecule has 9 rings (SSSR count). The monoisotopic (exact) mass is 502 g/mol. The second-order valence-electron chi connectivity index (χ2n) is 9.76. The summed E-state index contributed by atoms with van der Waals surface area (Å²) in [4.78, 5) is 9.77. The van der Waals surface area contributed by atoms with Gasteiger partial charge in [-0.15, -0.1) is 0 Å². The van der Waals surface area contributed by atoms with E-state index in [1.807, 2.05) is 72.8 Å². The largest absolute Gasteiger partial charge is 0.455 e. The first-order valence-electron chi connectivity index (χ1n) is 12.8. The minimum absolute atomic E-state index is 0.617. The van der Waals surface area contributed by atoms with Crippen molar-refractivity contribution in [3.63, 3.8) is 0 Å². The van der Waals surface area contributed by atoms with Crippen molar-refractivity contribution in [3.8, 4) is 22.5 Å². The number of nitrogens with zero attached hydrogens (tertiary/aromatic N) is 2. The highest BCUT2D eigenvalue weighted by atomic mass is 16.3. The zero-order chi connectivity index (χ0) is 25.5. The Kier molecular flexibility index (Phi) is 3.99. The fraction of sp³-hybridized carbons (Fsp3) is 0. The summed E-state index contributed by atoms with van der Waals surface area (Å²) in [6.45, 7) is 0. The smallest absolute Gasteiger partial charge is 0.227 e. The number of furan rings is 3. The van der Waals surface area contributed by atoms with Gasteiger partial charge in [0, 0.05) is 43.4 Å². The molecule has 39 heavy (non-hydrogen) atoms. The molecular weight excluding hydrogens is 484 g/mol. The van der Waals surface area contributed by atoms with E-state index in [1.165, 1.54) is 0 Å². The van der Waals surface area contributed by atoms with Gasteiger partial charge in [0.25, 0.3) is 0 Å². The summed E-state index contributed by atoms with van der Waals surface area (Å²) in [7, 11) is 0. The van der Waals surface area contributed by atoms with Gasteiger partial charge in [-0.3, -0.25) is 0 Å². The van der Waals surface area contributed by atoms with Crippen molar-refractivity contribution < 1.29 is 13.3 Å². The Morgan fingerprint density at radius 3 is 1.33 bits per heavy atom. The number of pyridine rings is 2. The van der Waals surface area contributed by atoms with Crippen molar-refractivity contribution in [1.29, 1.82) is 0 Å². The molecule has 5 heteroatoms. The SMILES string of the molecule is c1ccc2c(c1)oc1nc(-c3cccc4c3oc3c(-c5ccc6c(n5)oc5ccccc56)cccc34)ccc12. The molecule has 0 saturated carbocycles.